The van der Waals surface area contributed by atoms with Crippen LogP contribution in [0.1, 0.15) is 16.8 Å². The van der Waals surface area contributed by atoms with E-state index in [0.717, 1.165) is 3.57 Å². The van der Waals surface area contributed by atoms with Crippen LogP contribution in [0, 0.1) is 3.57 Å². The van der Waals surface area contributed by atoms with Crippen LogP contribution in [0.4, 0.5) is 4.79 Å². The smallest absolute Gasteiger partial charge is 0.407 e. The van der Waals surface area contributed by atoms with Crippen LogP contribution in [0.3, 0.4) is 0 Å². The molecule has 1 atom stereocenters. The molecule has 1 aliphatic heterocycles. The molecule has 1 N–H and O–H groups in total. The van der Waals surface area contributed by atoms with Crippen LogP contribution in [0.15, 0.2) is 18.2 Å². The first-order chi connectivity index (χ1) is 9.51. The van der Waals surface area contributed by atoms with Crippen molar-refractivity contribution in [3.05, 3.63) is 27.3 Å². The number of ether oxygens (including phenoxy) is 2. The Morgan fingerprint density at radius 2 is 2.20 bits per heavy atom. The second-order valence-electron chi connectivity index (χ2n) is 4.39. The third-order valence-corrected chi connectivity index (χ3v) is 3.91. The van der Waals surface area contributed by atoms with Crippen molar-refractivity contribution in [3.63, 3.8) is 0 Å². The maximum atomic E-state index is 11.4. The van der Waals surface area contributed by atoms with E-state index in [2.05, 4.69) is 27.3 Å². The van der Waals surface area contributed by atoms with Crippen LogP contribution in [0.2, 0.25) is 0 Å². The Kier molecular flexibility index (Phi) is 4.69. The first-order valence-electron chi connectivity index (χ1n) is 6.03. The van der Waals surface area contributed by atoms with Crippen molar-refractivity contribution in [1.82, 2.24) is 4.90 Å². The minimum atomic E-state index is -0.924. The maximum Gasteiger partial charge on any atom is 0.407 e. The molecule has 0 aromatic heterocycles. The molecule has 1 aromatic rings. The summed E-state index contributed by atoms with van der Waals surface area (Å²) in [6.45, 7) is 0.848. The Morgan fingerprint density at radius 3 is 2.75 bits per heavy atom. The van der Waals surface area contributed by atoms with E-state index < -0.39 is 12.1 Å². The minimum absolute atomic E-state index is 0.149. The first-order valence-corrected chi connectivity index (χ1v) is 7.11. The van der Waals surface area contributed by atoms with Gasteiger partial charge in [0.2, 0.25) is 0 Å². The Balaban J connectivity index is 2.04. The van der Waals surface area contributed by atoms with Gasteiger partial charge >= 0.3 is 12.1 Å². The third-order valence-electron chi connectivity index (χ3n) is 3.06. The topological polar surface area (TPSA) is 76.1 Å². The molecule has 20 heavy (non-hydrogen) atoms. The molecule has 6 nitrogen and oxygen atoms in total. The fourth-order valence-corrected chi connectivity index (χ4v) is 2.66. The summed E-state index contributed by atoms with van der Waals surface area (Å²) in [5.41, 5.74) is 0.461. The number of carbonyl (C=O) groups excluding carboxylic acids is 1. The van der Waals surface area contributed by atoms with Gasteiger partial charge in [-0.15, -0.1) is 0 Å². The zero-order valence-corrected chi connectivity index (χ0v) is 13.0. The van der Waals surface area contributed by atoms with Gasteiger partial charge in [-0.25, -0.2) is 9.59 Å². The van der Waals surface area contributed by atoms with E-state index in [9.17, 15) is 9.59 Å². The molecule has 1 unspecified atom stereocenters. The SMILES string of the molecule is COC(=O)c1ccc(OC2CCN(C(=O)O)C2)c(I)c1. The van der Waals surface area contributed by atoms with Gasteiger partial charge in [0.25, 0.3) is 0 Å². The normalized spacial score (nSPS) is 17.9. The first kappa shape index (κ1) is 14.9. The molecular formula is C13H14INO5. The molecule has 1 aromatic carbocycles. The van der Waals surface area contributed by atoms with Crippen LogP contribution in [0.25, 0.3) is 0 Å². The molecule has 1 aliphatic rings. The van der Waals surface area contributed by atoms with E-state index in [1.165, 1.54) is 12.0 Å². The predicted molar refractivity (Wildman–Crippen MR) is 79.1 cm³/mol. The van der Waals surface area contributed by atoms with Gasteiger partial charge < -0.3 is 19.5 Å². The summed E-state index contributed by atoms with van der Waals surface area (Å²) in [4.78, 5) is 23.6. The number of carbonyl (C=O) groups is 2. The average molecular weight is 391 g/mol. The zero-order chi connectivity index (χ0) is 14.7. The van der Waals surface area contributed by atoms with Gasteiger partial charge in [0.1, 0.15) is 11.9 Å². The van der Waals surface area contributed by atoms with Gasteiger partial charge in [-0.3, -0.25) is 0 Å². The van der Waals surface area contributed by atoms with Gasteiger partial charge in [0, 0.05) is 13.0 Å². The van der Waals surface area contributed by atoms with Gasteiger partial charge in [0.05, 0.1) is 22.8 Å². The molecule has 1 amide bonds. The molecular weight excluding hydrogens is 377 g/mol. The van der Waals surface area contributed by atoms with Crippen LogP contribution >= 0.6 is 22.6 Å². The number of methoxy groups -OCH3 is 1. The highest BCUT2D eigenvalue weighted by atomic mass is 127. The van der Waals surface area contributed by atoms with E-state index in [1.807, 2.05) is 0 Å². The molecule has 0 aliphatic carbocycles. The summed E-state index contributed by atoms with van der Waals surface area (Å²) in [7, 11) is 1.33. The molecule has 7 heteroatoms. The molecule has 0 saturated carbocycles. The largest absolute Gasteiger partial charge is 0.487 e. The van der Waals surface area contributed by atoms with E-state index >= 15 is 0 Å². The number of esters is 1. The van der Waals surface area contributed by atoms with Gasteiger partial charge in [-0.05, 0) is 40.8 Å². The number of hydrogen-bond donors (Lipinski definition) is 1. The van der Waals surface area contributed by atoms with Crippen LogP contribution < -0.4 is 4.74 Å². The van der Waals surface area contributed by atoms with Crippen LogP contribution in [0.5, 0.6) is 5.75 Å². The van der Waals surface area contributed by atoms with Crippen molar-refractivity contribution in [2.24, 2.45) is 0 Å². The molecule has 0 bridgehead atoms. The summed E-state index contributed by atoms with van der Waals surface area (Å²) in [6, 6.07) is 5.02. The maximum absolute atomic E-state index is 11.4. The summed E-state index contributed by atoms with van der Waals surface area (Å²) in [5.74, 6) is 0.253. The fraction of sp³-hybridized carbons (Fsp3) is 0.385. The minimum Gasteiger partial charge on any atom is -0.487 e. The van der Waals surface area contributed by atoms with Crippen molar-refractivity contribution in [2.45, 2.75) is 12.5 Å². The summed E-state index contributed by atoms with van der Waals surface area (Å²) >= 11 is 2.08. The Morgan fingerprint density at radius 1 is 1.45 bits per heavy atom. The molecule has 1 fully saturated rings. The van der Waals surface area contributed by atoms with Crippen LogP contribution in [-0.2, 0) is 4.74 Å². The number of amides is 1. The van der Waals surface area contributed by atoms with Gasteiger partial charge in [-0.2, -0.15) is 0 Å². The van der Waals surface area contributed by atoms with Crippen molar-refractivity contribution < 1.29 is 24.2 Å². The van der Waals surface area contributed by atoms with Crippen LogP contribution in [-0.4, -0.2) is 48.4 Å². The van der Waals surface area contributed by atoms with Crippen molar-refractivity contribution >= 4 is 34.7 Å². The average Bonchev–Trinajstić information content (AvgIpc) is 2.89. The summed E-state index contributed by atoms with van der Waals surface area (Å²) in [6.07, 6.45) is -0.406. The number of hydrogen-bond acceptors (Lipinski definition) is 4. The highest BCUT2D eigenvalue weighted by Crippen LogP contribution is 2.25. The molecule has 1 heterocycles. The zero-order valence-electron chi connectivity index (χ0n) is 10.8. The highest BCUT2D eigenvalue weighted by molar-refractivity contribution is 14.1. The molecule has 2 rings (SSSR count). The van der Waals surface area contributed by atoms with Crippen molar-refractivity contribution in [1.29, 1.82) is 0 Å². The third kappa shape index (κ3) is 3.33. The lowest BCUT2D eigenvalue weighted by Gasteiger charge is -2.16. The number of halogens is 1. The second-order valence-corrected chi connectivity index (χ2v) is 5.56. The summed E-state index contributed by atoms with van der Waals surface area (Å²) < 4.78 is 11.2. The fourth-order valence-electron chi connectivity index (χ4n) is 2.02. The molecule has 0 spiro atoms. The lowest BCUT2D eigenvalue weighted by atomic mass is 10.2. The number of nitrogens with zero attached hydrogens (tertiary/aromatic N) is 1. The number of likely N-dealkylation sites (tertiary alicyclic amines) is 1. The Hall–Kier alpha value is -1.51. The lowest BCUT2D eigenvalue weighted by Crippen LogP contribution is -2.29. The number of benzene rings is 1. The van der Waals surface area contributed by atoms with Crippen molar-refractivity contribution in [3.8, 4) is 5.75 Å². The second kappa shape index (κ2) is 6.29. The van der Waals surface area contributed by atoms with E-state index in [1.54, 1.807) is 18.2 Å². The number of carboxylic acid groups (broad SMARTS) is 1. The van der Waals surface area contributed by atoms with Gasteiger partial charge in [0.15, 0.2) is 0 Å². The monoisotopic (exact) mass is 391 g/mol. The Labute approximate surface area is 129 Å². The quantitative estimate of drug-likeness (QED) is 0.632. The highest BCUT2D eigenvalue weighted by Gasteiger charge is 2.27. The Bertz CT molecular complexity index is 533. The van der Waals surface area contributed by atoms with Crippen molar-refractivity contribution in [2.75, 3.05) is 20.2 Å². The lowest BCUT2D eigenvalue weighted by molar-refractivity contribution is 0.0600. The molecule has 0 radical (unpaired) electrons. The number of rotatable bonds is 3. The molecule has 1 saturated heterocycles. The van der Waals surface area contributed by atoms with E-state index in [-0.39, 0.29) is 6.10 Å². The predicted octanol–water partition coefficient (Wildman–Crippen LogP) is 2.21. The van der Waals surface area contributed by atoms with E-state index in [4.69, 9.17) is 9.84 Å². The van der Waals surface area contributed by atoms with E-state index in [0.29, 0.717) is 30.8 Å². The van der Waals surface area contributed by atoms with Gasteiger partial charge in [-0.1, -0.05) is 0 Å². The summed E-state index contributed by atoms with van der Waals surface area (Å²) in [5, 5.41) is 8.89. The standard InChI is InChI=1S/C13H14INO5/c1-19-12(16)8-2-3-11(10(14)6-8)20-9-4-5-15(7-9)13(17)18/h2-3,6,9H,4-5,7H2,1H3,(H,17,18). The molecule has 108 valence electrons.